The number of halogens is 2. The number of anilines is 1. The van der Waals surface area contributed by atoms with Gasteiger partial charge in [0.05, 0.1) is 0 Å². The largest absolute Gasteiger partial charge is 0.321 e. The van der Waals surface area contributed by atoms with Crippen molar-refractivity contribution in [3.05, 3.63) is 49.6 Å². The zero-order chi connectivity index (χ0) is 12.4. The van der Waals surface area contributed by atoms with Crippen LogP contribution in [0.25, 0.3) is 0 Å². The minimum atomic E-state index is -0.128. The van der Waals surface area contributed by atoms with Crippen molar-refractivity contribution in [2.75, 3.05) is 5.32 Å². The van der Waals surface area contributed by atoms with Crippen LogP contribution in [0, 0.1) is 6.92 Å². The third-order valence-electron chi connectivity index (χ3n) is 2.27. The molecule has 0 unspecified atom stereocenters. The summed E-state index contributed by atoms with van der Waals surface area (Å²) in [6.07, 6.45) is 0. The van der Waals surface area contributed by atoms with Crippen LogP contribution in [-0.4, -0.2) is 5.91 Å². The van der Waals surface area contributed by atoms with E-state index in [0.29, 0.717) is 9.90 Å². The van der Waals surface area contributed by atoms with E-state index in [1.54, 1.807) is 12.1 Å². The second-order valence-electron chi connectivity index (χ2n) is 3.51. The number of amides is 1. The number of carbonyl (C=O) groups excluding carboxylic acids is 1. The topological polar surface area (TPSA) is 29.1 Å². The molecule has 1 amide bonds. The van der Waals surface area contributed by atoms with Gasteiger partial charge in [-0.05, 0) is 52.0 Å². The number of hydrogen-bond acceptors (Lipinski definition) is 2. The van der Waals surface area contributed by atoms with Crippen molar-refractivity contribution in [2.45, 2.75) is 6.92 Å². The molecule has 0 fully saturated rings. The highest BCUT2D eigenvalue weighted by Crippen LogP contribution is 2.25. The number of thiophene rings is 1. The molecule has 0 saturated carbocycles. The van der Waals surface area contributed by atoms with Gasteiger partial charge in [-0.15, -0.1) is 11.3 Å². The van der Waals surface area contributed by atoms with Gasteiger partial charge in [-0.3, -0.25) is 4.79 Å². The average Bonchev–Trinajstić information content (AvgIpc) is 2.70. The standard InChI is InChI=1S/C12H9BrClNOS/c1-7-2-3-8(14)6-10(7)15-12(16)11-9(13)4-5-17-11/h2-6H,1H3,(H,15,16). The van der Waals surface area contributed by atoms with E-state index in [-0.39, 0.29) is 5.91 Å². The molecule has 17 heavy (non-hydrogen) atoms. The van der Waals surface area contributed by atoms with Gasteiger partial charge in [-0.2, -0.15) is 0 Å². The molecule has 2 aromatic rings. The molecule has 2 nitrogen and oxygen atoms in total. The summed E-state index contributed by atoms with van der Waals surface area (Å²) in [5.41, 5.74) is 1.72. The molecule has 0 aliphatic carbocycles. The van der Waals surface area contributed by atoms with E-state index in [4.69, 9.17) is 11.6 Å². The molecule has 1 aromatic heterocycles. The van der Waals surface area contributed by atoms with Gasteiger partial charge in [0.2, 0.25) is 0 Å². The highest BCUT2D eigenvalue weighted by molar-refractivity contribution is 9.10. The summed E-state index contributed by atoms with van der Waals surface area (Å²) in [4.78, 5) is 12.6. The van der Waals surface area contributed by atoms with Crippen LogP contribution < -0.4 is 5.32 Å². The predicted molar refractivity (Wildman–Crippen MR) is 76.2 cm³/mol. The number of nitrogens with one attached hydrogen (secondary N) is 1. The van der Waals surface area contributed by atoms with Crippen LogP contribution >= 0.6 is 38.9 Å². The van der Waals surface area contributed by atoms with Crippen LogP contribution in [0.3, 0.4) is 0 Å². The predicted octanol–water partition coefficient (Wildman–Crippen LogP) is 4.72. The van der Waals surface area contributed by atoms with Crippen molar-refractivity contribution in [1.29, 1.82) is 0 Å². The number of rotatable bonds is 2. The third-order valence-corrected chi connectivity index (χ3v) is 4.34. The van der Waals surface area contributed by atoms with Crippen LogP contribution in [0.15, 0.2) is 34.1 Å². The first-order chi connectivity index (χ1) is 8.08. The van der Waals surface area contributed by atoms with E-state index in [1.165, 1.54) is 11.3 Å². The van der Waals surface area contributed by atoms with Gasteiger partial charge in [-0.1, -0.05) is 17.7 Å². The number of aryl methyl sites for hydroxylation is 1. The second kappa shape index (κ2) is 5.21. The van der Waals surface area contributed by atoms with Crippen molar-refractivity contribution >= 4 is 50.5 Å². The van der Waals surface area contributed by atoms with E-state index in [0.717, 1.165) is 15.7 Å². The molecule has 2 rings (SSSR count). The Morgan fingerprint density at radius 2 is 2.18 bits per heavy atom. The summed E-state index contributed by atoms with van der Waals surface area (Å²) >= 11 is 10.6. The van der Waals surface area contributed by atoms with Crippen LogP contribution in [0.2, 0.25) is 5.02 Å². The molecule has 0 atom stereocenters. The first kappa shape index (κ1) is 12.6. The first-order valence-electron chi connectivity index (χ1n) is 4.88. The summed E-state index contributed by atoms with van der Waals surface area (Å²) in [6, 6.07) is 7.27. The third kappa shape index (κ3) is 2.89. The Hall–Kier alpha value is -0.840. The molecule has 1 heterocycles. The lowest BCUT2D eigenvalue weighted by molar-refractivity contribution is 0.103. The van der Waals surface area contributed by atoms with Crippen LogP contribution in [0.5, 0.6) is 0 Å². The molecule has 5 heteroatoms. The lowest BCUT2D eigenvalue weighted by atomic mass is 10.2. The fraction of sp³-hybridized carbons (Fsp3) is 0.0833. The Labute approximate surface area is 117 Å². The zero-order valence-corrected chi connectivity index (χ0v) is 12.1. The van der Waals surface area contributed by atoms with E-state index < -0.39 is 0 Å². The lowest BCUT2D eigenvalue weighted by Gasteiger charge is -2.08. The molecule has 0 saturated heterocycles. The fourth-order valence-corrected chi connectivity index (χ4v) is 2.98. The summed E-state index contributed by atoms with van der Waals surface area (Å²) in [5, 5.41) is 5.32. The van der Waals surface area contributed by atoms with Gasteiger partial charge in [0.15, 0.2) is 0 Å². The molecule has 0 aliphatic rings. The number of benzene rings is 1. The van der Waals surface area contributed by atoms with Crippen molar-refractivity contribution in [3.63, 3.8) is 0 Å². The fourth-order valence-electron chi connectivity index (χ4n) is 1.36. The molecule has 0 aliphatic heterocycles. The van der Waals surface area contributed by atoms with Gasteiger partial charge < -0.3 is 5.32 Å². The van der Waals surface area contributed by atoms with Gasteiger partial charge in [0.1, 0.15) is 4.88 Å². The minimum absolute atomic E-state index is 0.128. The Balaban J connectivity index is 2.24. The minimum Gasteiger partial charge on any atom is -0.321 e. The molecular weight excluding hydrogens is 322 g/mol. The van der Waals surface area contributed by atoms with Gasteiger partial charge >= 0.3 is 0 Å². The van der Waals surface area contributed by atoms with E-state index >= 15 is 0 Å². The molecular formula is C12H9BrClNOS. The molecule has 1 N–H and O–H groups in total. The molecule has 0 spiro atoms. The van der Waals surface area contributed by atoms with Crippen molar-refractivity contribution in [3.8, 4) is 0 Å². The van der Waals surface area contributed by atoms with Crippen LogP contribution in [-0.2, 0) is 0 Å². The highest BCUT2D eigenvalue weighted by atomic mass is 79.9. The maximum atomic E-state index is 12.0. The smallest absolute Gasteiger partial charge is 0.266 e. The van der Waals surface area contributed by atoms with Gasteiger partial charge in [0, 0.05) is 15.2 Å². The van der Waals surface area contributed by atoms with Crippen molar-refractivity contribution in [2.24, 2.45) is 0 Å². The van der Waals surface area contributed by atoms with E-state index in [2.05, 4.69) is 21.2 Å². The van der Waals surface area contributed by atoms with Crippen molar-refractivity contribution in [1.82, 2.24) is 0 Å². The summed E-state index contributed by atoms with van der Waals surface area (Å²) in [6.45, 7) is 1.93. The second-order valence-corrected chi connectivity index (χ2v) is 5.72. The normalized spacial score (nSPS) is 10.3. The summed E-state index contributed by atoms with van der Waals surface area (Å²) in [7, 11) is 0. The van der Waals surface area contributed by atoms with Crippen LogP contribution in [0.1, 0.15) is 15.2 Å². The Morgan fingerprint density at radius 1 is 1.41 bits per heavy atom. The molecule has 88 valence electrons. The quantitative estimate of drug-likeness (QED) is 0.847. The van der Waals surface area contributed by atoms with E-state index in [1.807, 2.05) is 24.4 Å². The monoisotopic (exact) mass is 329 g/mol. The average molecular weight is 331 g/mol. The summed E-state index contributed by atoms with van der Waals surface area (Å²) < 4.78 is 0.805. The first-order valence-corrected chi connectivity index (χ1v) is 6.93. The van der Waals surface area contributed by atoms with Crippen molar-refractivity contribution < 1.29 is 4.79 Å². The Morgan fingerprint density at radius 3 is 2.82 bits per heavy atom. The maximum Gasteiger partial charge on any atom is 0.266 e. The lowest BCUT2D eigenvalue weighted by Crippen LogP contribution is -2.11. The Bertz CT molecular complexity index is 567. The highest BCUT2D eigenvalue weighted by Gasteiger charge is 2.12. The molecule has 1 aromatic carbocycles. The maximum absolute atomic E-state index is 12.0. The molecule has 0 bridgehead atoms. The van der Waals surface area contributed by atoms with Crippen LogP contribution in [0.4, 0.5) is 5.69 Å². The Kier molecular flexibility index (Phi) is 3.86. The van der Waals surface area contributed by atoms with Gasteiger partial charge in [-0.25, -0.2) is 0 Å². The number of hydrogen-bond donors (Lipinski definition) is 1. The summed E-state index contributed by atoms with van der Waals surface area (Å²) in [5.74, 6) is -0.128. The SMILES string of the molecule is Cc1ccc(Cl)cc1NC(=O)c1sccc1Br. The zero-order valence-electron chi connectivity index (χ0n) is 8.96. The number of carbonyl (C=O) groups is 1. The van der Waals surface area contributed by atoms with Gasteiger partial charge in [0.25, 0.3) is 5.91 Å². The van der Waals surface area contributed by atoms with E-state index in [9.17, 15) is 4.79 Å². The molecule has 0 radical (unpaired) electrons.